The van der Waals surface area contributed by atoms with Gasteiger partial charge in [-0.05, 0) is 25.3 Å². The van der Waals surface area contributed by atoms with E-state index in [-0.39, 0.29) is 5.56 Å². The van der Waals surface area contributed by atoms with Gasteiger partial charge >= 0.3 is 5.97 Å². The van der Waals surface area contributed by atoms with Crippen LogP contribution in [0.25, 0.3) is 10.9 Å². The molecule has 2 aromatic rings. The Morgan fingerprint density at radius 1 is 1.18 bits per heavy atom. The topological polar surface area (TPSA) is 90.5 Å². The lowest BCUT2D eigenvalue weighted by Gasteiger charge is -2.32. The molecule has 3 rings (SSSR count). The van der Waals surface area contributed by atoms with Gasteiger partial charge in [0.15, 0.2) is 0 Å². The second-order valence-electron chi connectivity index (χ2n) is 5.43. The molecular formula is C16H16N2O4. The number of hydrogen-bond acceptors (Lipinski definition) is 3. The molecule has 1 fully saturated rings. The highest BCUT2D eigenvalue weighted by molar-refractivity contribution is 6.45. The zero-order valence-electron chi connectivity index (χ0n) is 11.9. The number of carbonyl (C=O) groups excluding carboxylic acids is 2. The van der Waals surface area contributed by atoms with E-state index in [4.69, 9.17) is 0 Å². The van der Waals surface area contributed by atoms with Crippen LogP contribution in [-0.4, -0.2) is 45.2 Å². The Kier molecular flexibility index (Phi) is 3.66. The van der Waals surface area contributed by atoms with Gasteiger partial charge in [-0.1, -0.05) is 18.2 Å². The number of fused-ring (bicyclic) bond motifs is 1. The van der Waals surface area contributed by atoms with Crippen molar-refractivity contribution in [3.05, 3.63) is 36.0 Å². The quantitative estimate of drug-likeness (QED) is 0.668. The number of benzene rings is 1. The van der Waals surface area contributed by atoms with Crippen LogP contribution in [-0.2, 0) is 9.59 Å². The summed E-state index contributed by atoms with van der Waals surface area (Å²) < 4.78 is 0. The van der Waals surface area contributed by atoms with Gasteiger partial charge in [-0.3, -0.25) is 9.59 Å². The molecule has 114 valence electrons. The largest absolute Gasteiger partial charge is 0.480 e. The number of aromatic amines is 1. The van der Waals surface area contributed by atoms with Crippen LogP contribution >= 0.6 is 0 Å². The van der Waals surface area contributed by atoms with E-state index in [0.717, 1.165) is 18.4 Å². The number of aromatic nitrogens is 1. The summed E-state index contributed by atoms with van der Waals surface area (Å²) in [6.45, 7) is 0.309. The van der Waals surface area contributed by atoms with E-state index in [9.17, 15) is 19.5 Å². The van der Waals surface area contributed by atoms with Gasteiger partial charge in [-0.2, -0.15) is 0 Å². The van der Waals surface area contributed by atoms with Crippen molar-refractivity contribution in [2.45, 2.75) is 25.3 Å². The summed E-state index contributed by atoms with van der Waals surface area (Å²) in [6.07, 6.45) is 3.37. The third-order valence-electron chi connectivity index (χ3n) is 4.08. The van der Waals surface area contributed by atoms with E-state index in [1.807, 2.05) is 12.1 Å². The average Bonchev–Trinajstić information content (AvgIpc) is 2.97. The number of carbonyl (C=O) groups is 3. The number of amides is 1. The molecule has 1 unspecified atom stereocenters. The van der Waals surface area contributed by atoms with Crippen molar-refractivity contribution in [3.8, 4) is 0 Å². The fraction of sp³-hybridized carbons (Fsp3) is 0.312. The highest BCUT2D eigenvalue weighted by atomic mass is 16.4. The first-order valence-corrected chi connectivity index (χ1v) is 7.24. The molecule has 0 aliphatic carbocycles. The van der Waals surface area contributed by atoms with Crippen molar-refractivity contribution >= 4 is 28.6 Å². The predicted octanol–water partition coefficient (Wildman–Crippen LogP) is 1.82. The number of carboxylic acids is 1. The Labute approximate surface area is 126 Å². The zero-order chi connectivity index (χ0) is 15.7. The molecule has 1 aromatic heterocycles. The first-order valence-electron chi connectivity index (χ1n) is 7.24. The number of nitrogens with one attached hydrogen (secondary N) is 1. The summed E-state index contributed by atoms with van der Waals surface area (Å²) in [5, 5.41) is 9.90. The number of nitrogens with zero attached hydrogens (tertiary/aromatic N) is 1. The Hall–Kier alpha value is -2.63. The number of likely N-dealkylation sites (tertiary alicyclic amines) is 1. The van der Waals surface area contributed by atoms with Gasteiger partial charge in [0.1, 0.15) is 6.04 Å². The van der Waals surface area contributed by atoms with Gasteiger partial charge in [0.05, 0.1) is 5.56 Å². The maximum absolute atomic E-state index is 12.5. The molecule has 6 nitrogen and oxygen atoms in total. The predicted molar refractivity (Wildman–Crippen MR) is 79.6 cm³/mol. The number of rotatable bonds is 3. The fourth-order valence-corrected chi connectivity index (χ4v) is 2.94. The molecule has 1 aliphatic heterocycles. The average molecular weight is 300 g/mol. The molecule has 1 atom stereocenters. The summed E-state index contributed by atoms with van der Waals surface area (Å²) >= 11 is 0. The first-order chi connectivity index (χ1) is 10.6. The van der Waals surface area contributed by atoms with E-state index >= 15 is 0 Å². The molecule has 0 spiro atoms. The molecule has 1 aromatic carbocycles. The van der Waals surface area contributed by atoms with Crippen LogP contribution in [0.1, 0.15) is 29.6 Å². The minimum atomic E-state index is -1.06. The van der Waals surface area contributed by atoms with Gasteiger partial charge in [0.25, 0.3) is 11.7 Å². The van der Waals surface area contributed by atoms with E-state index in [1.54, 1.807) is 12.1 Å². The number of hydrogen-bond donors (Lipinski definition) is 2. The van der Waals surface area contributed by atoms with E-state index in [1.165, 1.54) is 11.1 Å². The van der Waals surface area contributed by atoms with Crippen LogP contribution < -0.4 is 0 Å². The monoisotopic (exact) mass is 300 g/mol. The van der Waals surface area contributed by atoms with Crippen LogP contribution in [0.4, 0.5) is 0 Å². The van der Waals surface area contributed by atoms with Gasteiger partial charge in [0.2, 0.25) is 0 Å². The van der Waals surface area contributed by atoms with Gasteiger partial charge in [-0.15, -0.1) is 0 Å². The fourth-order valence-electron chi connectivity index (χ4n) is 2.94. The molecule has 1 amide bonds. The number of Topliss-reactive ketones (excluding diaryl/α,β-unsaturated/α-hetero) is 1. The zero-order valence-corrected chi connectivity index (χ0v) is 11.9. The normalized spacial score (nSPS) is 18.4. The smallest absolute Gasteiger partial charge is 0.326 e. The molecule has 6 heteroatoms. The Morgan fingerprint density at radius 2 is 1.95 bits per heavy atom. The highest BCUT2D eigenvalue weighted by Gasteiger charge is 2.35. The maximum atomic E-state index is 12.5. The molecule has 22 heavy (non-hydrogen) atoms. The van der Waals surface area contributed by atoms with Crippen molar-refractivity contribution in [3.63, 3.8) is 0 Å². The first kappa shape index (κ1) is 14.3. The lowest BCUT2D eigenvalue weighted by atomic mass is 10.0. The Morgan fingerprint density at radius 3 is 2.73 bits per heavy atom. The van der Waals surface area contributed by atoms with Crippen LogP contribution in [0.3, 0.4) is 0 Å². The Balaban J connectivity index is 1.91. The number of aliphatic carboxylic acids is 1. The second kappa shape index (κ2) is 5.63. The molecular weight excluding hydrogens is 284 g/mol. The highest BCUT2D eigenvalue weighted by Crippen LogP contribution is 2.22. The van der Waals surface area contributed by atoms with Crippen LogP contribution in [0.2, 0.25) is 0 Å². The van der Waals surface area contributed by atoms with Gasteiger partial charge < -0.3 is 15.0 Å². The molecule has 1 aliphatic rings. The summed E-state index contributed by atoms with van der Waals surface area (Å²) in [4.78, 5) is 40.4. The van der Waals surface area contributed by atoms with Gasteiger partial charge in [0, 0.05) is 23.6 Å². The van der Waals surface area contributed by atoms with Crippen LogP contribution in [0, 0.1) is 0 Å². The van der Waals surface area contributed by atoms with Crippen molar-refractivity contribution in [2.75, 3.05) is 6.54 Å². The van der Waals surface area contributed by atoms with Crippen molar-refractivity contribution in [2.24, 2.45) is 0 Å². The van der Waals surface area contributed by atoms with Crippen molar-refractivity contribution in [1.82, 2.24) is 9.88 Å². The van der Waals surface area contributed by atoms with Crippen LogP contribution in [0.5, 0.6) is 0 Å². The van der Waals surface area contributed by atoms with E-state index in [0.29, 0.717) is 18.4 Å². The van der Waals surface area contributed by atoms with Crippen LogP contribution in [0.15, 0.2) is 30.5 Å². The minimum absolute atomic E-state index is 0.287. The number of ketones is 1. The number of piperidine rings is 1. The molecule has 0 radical (unpaired) electrons. The second-order valence-corrected chi connectivity index (χ2v) is 5.43. The van der Waals surface area contributed by atoms with E-state index in [2.05, 4.69) is 4.98 Å². The number of H-pyrrole nitrogens is 1. The SMILES string of the molecule is O=C(C(=O)N1CCCCC1C(=O)O)c1c[nH]c2ccccc12. The number of para-hydroxylation sites is 1. The number of carboxylic acid groups (broad SMARTS) is 1. The lowest BCUT2D eigenvalue weighted by molar-refractivity contribution is -0.150. The maximum Gasteiger partial charge on any atom is 0.326 e. The molecule has 2 heterocycles. The van der Waals surface area contributed by atoms with Gasteiger partial charge in [-0.25, -0.2) is 4.79 Å². The van der Waals surface area contributed by atoms with Crippen molar-refractivity contribution < 1.29 is 19.5 Å². The minimum Gasteiger partial charge on any atom is -0.480 e. The van der Waals surface area contributed by atoms with Crippen molar-refractivity contribution in [1.29, 1.82) is 0 Å². The third-order valence-corrected chi connectivity index (χ3v) is 4.08. The van der Waals surface area contributed by atoms with E-state index < -0.39 is 23.7 Å². The molecule has 0 saturated carbocycles. The lowest BCUT2D eigenvalue weighted by Crippen LogP contribution is -2.50. The Bertz CT molecular complexity index is 749. The molecule has 0 bridgehead atoms. The summed E-state index contributed by atoms with van der Waals surface area (Å²) in [5.41, 5.74) is 1.06. The third kappa shape index (κ3) is 2.36. The summed E-state index contributed by atoms with van der Waals surface area (Å²) in [5.74, 6) is -2.46. The molecule has 2 N–H and O–H groups in total. The summed E-state index contributed by atoms with van der Waals surface area (Å²) in [6, 6.07) is 6.29. The standard InChI is InChI=1S/C16H16N2O4/c19-14(11-9-17-12-6-2-1-5-10(11)12)15(20)18-8-4-3-7-13(18)16(21)22/h1-2,5-6,9,13,17H,3-4,7-8H2,(H,21,22). The molecule has 1 saturated heterocycles. The summed E-state index contributed by atoms with van der Waals surface area (Å²) in [7, 11) is 0.